The third-order valence-corrected chi connectivity index (χ3v) is 15.6. The normalized spacial score (nSPS) is 18.1. The van der Waals surface area contributed by atoms with Crippen LogP contribution in [0.4, 0.5) is 18.9 Å². The summed E-state index contributed by atoms with van der Waals surface area (Å²) in [5.41, 5.74) is 0.160. The topological polar surface area (TPSA) is 154 Å². The number of hydrogen-bond acceptors (Lipinski definition) is 10. The number of alkyl halides is 3. The molecule has 1 aliphatic carbocycles. The summed E-state index contributed by atoms with van der Waals surface area (Å²) < 4.78 is 103. The van der Waals surface area contributed by atoms with E-state index in [1.807, 2.05) is 28.8 Å². The molecule has 0 saturated carbocycles. The molecule has 3 aliphatic rings. The maximum absolute atomic E-state index is 14.0. The van der Waals surface area contributed by atoms with Crippen molar-refractivity contribution in [2.45, 2.75) is 73.7 Å². The van der Waals surface area contributed by atoms with Gasteiger partial charge in [0, 0.05) is 42.3 Å². The Morgan fingerprint density at radius 2 is 1.69 bits per heavy atom. The van der Waals surface area contributed by atoms with Gasteiger partial charge in [-0.1, -0.05) is 55.3 Å². The van der Waals surface area contributed by atoms with Crippen LogP contribution in [0.2, 0.25) is 5.02 Å². The minimum Gasteiger partial charge on any atom is -0.455 e. The number of fused-ring (bicyclic) bond motifs is 1. The summed E-state index contributed by atoms with van der Waals surface area (Å²) >= 11 is 6.23. The number of anilines is 1. The number of ether oxygens (including phenoxy) is 1. The van der Waals surface area contributed by atoms with Crippen molar-refractivity contribution in [3.63, 3.8) is 0 Å². The number of H-pyrrole nitrogens is 1. The van der Waals surface area contributed by atoms with Crippen molar-refractivity contribution in [1.82, 2.24) is 24.5 Å². The fraction of sp³-hybridized carbons (Fsp3) is 0.362. The van der Waals surface area contributed by atoms with Gasteiger partial charge >= 0.3 is 5.51 Å². The number of halogens is 4. The third kappa shape index (κ3) is 10.4. The second-order valence-electron chi connectivity index (χ2n) is 17.8. The van der Waals surface area contributed by atoms with Gasteiger partial charge in [-0.3, -0.25) is 9.69 Å². The first-order valence-corrected chi connectivity index (χ1v) is 24.7. The van der Waals surface area contributed by atoms with Crippen LogP contribution in [0, 0.1) is 5.41 Å². The fourth-order valence-corrected chi connectivity index (χ4v) is 10.8. The molecule has 1 fully saturated rings. The number of aromatic nitrogens is 2. The average Bonchev–Trinajstić information content (AvgIpc) is 3.73. The summed E-state index contributed by atoms with van der Waals surface area (Å²) in [6, 6.07) is 18.3. The maximum Gasteiger partial charge on any atom is 0.501 e. The number of amides is 1. The van der Waals surface area contributed by atoms with E-state index in [9.17, 15) is 34.8 Å². The molecule has 65 heavy (non-hydrogen) atoms. The standard InChI is InChI=1S/C47H50ClF3N6O6S2/c1-46(2)18-12-34(40(27-46)31-4-7-35(48)8-5-31)29-57-22-14-30(15-23-57)32-6-10-39(42(25-32)63-37-24-33-13-19-52-44(33)53-28-37)45(58)55-65(61,62)38-9-11-41(54-36-16-20-56(3)21-17-36)43(26-38)64(59,60)47(49,50)51/h4-11,13-14,19,24-26,28,36,54H,12,15-18,20-23,27,29H2,1-3H3,(H,52,53)(H,55,58). The van der Waals surface area contributed by atoms with E-state index >= 15 is 0 Å². The molecule has 5 aromatic rings. The van der Waals surface area contributed by atoms with Crippen LogP contribution in [0.5, 0.6) is 11.5 Å². The Labute approximate surface area is 381 Å². The summed E-state index contributed by atoms with van der Waals surface area (Å²) in [7, 11) is -9.08. The molecular weight excluding hydrogens is 901 g/mol. The van der Waals surface area contributed by atoms with Crippen LogP contribution in [-0.4, -0.2) is 93.8 Å². The lowest BCUT2D eigenvalue weighted by Crippen LogP contribution is -2.37. The van der Waals surface area contributed by atoms with E-state index in [0.717, 1.165) is 61.0 Å². The van der Waals surface area contributed by atoms with Crippen LogP contribution in [0.15, 0.2) is 107 Å². The van der Waals surface area contributed by atoms with Crippen LogP contribution >= 0.6 is 11.6 Å². The van der Waals surface area contributed by atoms with E-state index in [4.69, 9.17) is 16.3 Å². The van der Waals surface area contributed by atoms with Gasteiger partial charge in [-0.25, -0.2) is 26.5 Å². The Kier molecular flexibility index (Phi) is 13.0. The average molecular weight is 952 g/mol. The lowest BCUT2D eigenvalue weighted by atomic mass is 9.72. The van der Waals surface area contributed by atoms with Gasteiger partial charge < -0.3 is 19.9 Å². The van der Waals surface area contributed by atoms with Crippen molar-refractivity contribution in [3.05, 3.63) is 119 Å². The van der Waals surface area contributed by atoms with Crippen molar-refractivity contribution in [3.8, 4) is 11.5 Å². The van der Waals surface area contributed by atoms with E-state index in [2.05, 4.69) is 52.2 Å². The zero-order valence-corrected chi connectivity index (χ0v) is 38.5. The predicted molar refractivity (Wildman–Crippen MR) is 246 cm³/mol. The molecular formula is C47H50ClF3N6O6S2. The number of piperidine rings is 1. The Morgan fingerprint density at radius 3 is 2.40 bits per heavy atom. The molecule has 18 heteroatoms. The second-order valence-corrected chi connectivity index (χ2v) is 21.8. The molecule has 3 N–H and O–H groups in total. The van der Waals surface area contributed by atoms with Gasteiger partial charge in [0.15, 0.2) is 0 Å². The first-order valence-electron chi connectivity index (χ1n) is 21.4. The van der Waals surface area contributed by atoms with Gasteiger partial charge in [0.1, 0.15) is 22.0 Å². The highest BCUT2D eigenvalue weighted by molar-refractivity contribution is 7.92. The quantitative estimate of drug-likeness (QED) is 0.110. The van der Waals surface area contributed by atoms with Crippen molar-refractivity contribution < 1.29 is 39.5 Å². The molecule has 0 unspecified atom stereocenters. The number of hydrogen-bond donors (Lipinski definition) is 3. The number of pyridine rings is 1. The molecule has 1 saturated heterocycles. The van der Waals surface area contributed by atoms with E-state index < -0.39 is 41.1 Å². The fourth-order valence-electron chi connectivity index (χ4n) is 8.69. The molecule has 8 rings (SSSR count). The number of carbonyl (C=O) groups is 1. The largest absolute Gasteiger partial charge is 0.501 e. The molecule has 2 aromatic heterocycles. The van der Waals surface area contributed by atoms with Gasteiger partial charge in [-0.05, 0) is 141 Å². The number of aromatic amines is 1. The zero-order chi connectivity index (χ0) is 46.3. The Bertz CT molecular complexity index is 2910. The molecule has 12 nitrogen and oxygen atoms in total. The Balaban J connectivity index is 1.06. The number of allylic oxidation sites excluding steroid dienone is 1. The molecule has 344 valence electrons. The zero-order valence-electron chi connectivity index (χ0n) is 36.1. The summed E-state index contributed by atoms with van der Waals surface area (Å²) in [5, 5.41) is 4.29. The van der Waals surface area contributed by atoms with Gasteiger partial charge in [0.05, 0.1) is 22.3 Å². The van der Waals surface area contributed by atoms with Gasteiger partial charge in [-0.2, -0.15) is 13.2 Å². The lowest BCUT2D eigenvalue weighted by Gasteiger charge is -2.36. The highest BCUT2D eigenvalue weighted by Crippen LogP contribution is 2.44. The van der Waals surface area contributed by atoms with Crippen molar-refractivity contribution >= 4 is 65.2 Å². The third-order valence-electron chi connectivity index (χ3n) is 12.4. The number of sulfone groups is 1. The van der Waals surface area contributed by atoms with Gasteiger partial charge in [-0.15, -0.1) is 0 Å². The number of carbonyl (C=O) groups excluding carboxylic acids is 1. The predicted octanol–water partition coefficient (Wildman–Crippen LogP) is 9.68. The minimum atomic E-state index is -6.02. The molecule has 1 amide bonds. The number of nitrogens with zero attached hydrogens (tertiary/aromatic N) is 3. The SMILES string of the molecule is CN1CCC(Nc2ccc(S(=O)(=O)NC(=O)c3ccc(C4=CCN(CC5=C(c6ccc(Cl)cc6)CC(C)(C)CC5)CC4)cc3Oc3cnc4[nH]ccc4c3)cc2S(=O)(=O)C(F)(F)F)CC1. The molecule has 0 radical (unpaired) electrons. The minimum absolute atomic E-state index is 0.00388. The molecule has 0 atom stereocenters. The number of likely N-dealkylation sites (tertiary alicyclic amines) is 1. The van der Waals surface area contributed by atoms with Crippen LogP contribution in [0.3, 0.4) is 0 Å². The number of benzene rings is 3. The number of rotatable bonds is 12. The highest BCUT2D eigenvalue weighted by atomic mass is 35.5. The van der Waals surface area contributed by atoms with Crippen LogP contribution < -0.4 is 14.8 Å². The smallest absolute Gasteiger partial charge is 0.455 e. The van der Waals surface area contributed by atoms with Crippen LogP contribution in [-0.2, 0) is 19.9 Å². The molecule has 3 aromatic carbocycles. The Hall–Kier alpha value is -5.20. The molecule has 0 bridgehead atoms. The number of sulfonamides is 1. The summed E-state index contributed by atoms with van der Waals surface area (Å²) in [6.45, 7) is 8.10. The highest BCUT2D eigenvalue weighted by Gasteiger charge is 2.48. The van der Waals surface area contributed by atoms with Crippen LogP contribution in [0.25, 0.3) is 22.2 Å². The molecule has 0 spiro atoms. The van der Waals surface area contributed by atoms with Gasteiger partial charge in [0.2, 0.25) is 0 Å². The van der Waals surface area contributed by atoms with Crippen molar-refractivity contribution in [2.24, 2.45) is 5.41 Å². The van der Waals surface area contributed by atoms with Gasteiger partial charge in [0.25, 0.3) is 25.8 Å². The van der Waals surface area contributed by atoms with Crippen molar-refractivity contribution in [1.29, 1.82) is 0 Å². The number of nitrogens with one attached hydrogen (secondary N) is 3. The van der Waals surface area contributed by atoms with E-state index in [0.29, 0.717) is 55.6 Å². The maximum atomic E-state index is 14.0. The molecule has 2 aliphatic heterocycles. The van der Waals surface area contributed by atoms with Crippen molar-refractivity contribution in [2.75, 3.05) is 45.1 Å². The summed E-state index contributed by atoms with van der Waals surface area (Å²) in [5.74, 6) is -0.902. The van der Waals surface area contributed by atoms with E-state index in [-0.39, 0.29) is 34.2 Å². The first kappa shape index (κ1) is 46.3. The Morgan fingerprint density at radius 1 is 0.954 bits per heavy atom. The monoisotopic (exact) mass is 950 g/mol. The lowest BCUT2D eigenvalue weighted by molar-refractivity contribution is -0.0435. The van der Waals surface area contributed by atoms with E-state index in [1.165, 1.54) is 29.0 Å². The first-order chi connectivity index (χ1) is 30.7. The summed E-state index contributed by atoms with van der Waals surface area (Å²) in [4.78, 5) is 23.7. The second kappa shape index (κ2) is 18.2. The summed E-state index contributed by atoms with van der Waals surface area (Å²) in [6.07, 6.45) is 10.1. The van der Waals surface area contributed by atoms with E-state index in [1.54, 1.807) is 30.5 Å². The van der Waals surface area contributed by atoms with Crippen LogP contribution in [0.1, 0.15) is 73.9 Å². The molecule has 4 heterocycles.